The van der Waals surface area contributed by atoms with E-state index >= 15 is 0 Å². The number of rotatable bonds is 5. The molecule has 0 bridgehead atoms. The number of nitrogens with zero attached hydrogens (tertiary/aromatic N) is 5. The Hall–Kier alpha value is -4.46. The Balaban J connectivity index is 1.46. The van der Waals surface area contributed by atoms with Crippen molar-refractivity contribution < 1.29 is 9.53 Å². The summed E-state index contributed by atoms with van der Waals surface area (Å²) in [4.78, 5) is 21.9. The zero-order valence-corrected chi connectivity index (χ0v) is 17.6. The number of carbonyl (C=O) groups excluding carboxylic acids is 1. The summed E-state index contributed by atoms with van der Waals surface area (Å²) in [6.45, 7) is 0. The number of imidazole rings is 1. The van der Waals surface area contributed by atoms with Crippen molar-refractivity contribution in [3.05, 3.63) is 84.9 Å². The minimum absolute atomic E-state index is 0.283. The van der Waals surface area contributed by atoms with E-state index in [-0.39, 0.29) is 5.91 Å². The van der Waals surface area contributed by atoms with E-state index in [9.17, 15) is 4.79 Å². The number of hydrogen-bond acceptors (Lipinski definition) is 5. The van der Waals surface area contributed by atoms with Crippen LogP contribution in [0.3, 0.4) is 0 Å². The standard InChI is InChI=1S/C24H20N6O2/c1-29-21(14-18(28-29)16-7-4-3-5-8-16)23(31)26-19-13-17(9-10-22(19)32-2)20-15-30-12-6-11-25-24(30)27-20/h3-15H,1-2H3,(H,26,31). The summed E-state index contributed by atoms with van der Waals surface area (Å²) in [6.07, 6.45) is 5.48. The number of benzene rings is 2. The average molecular weight is 424 g/mol. The van der Waals surface area contributed by atoms with Gasteiger partial charge in [-0.1, -0.05) is 30.3 Å². The molecule has 0 aliphatic carbocycles. The van der Waals surface area contributed by atoms with Gasteiger partial charge in [0.05, 0.1) is 24.2 Å². The van der Waals surface area contributed by atoms with Crippen LogP contribution in [0, 0.1) is 0 Å². The second-order valence-corrected chi connectivity index (χ2v) is 7.23. The minimum Gasteiger partial charge on any atom is -0.495 e. The molecule has 5 aromatic rings. The Morgan fingerprint density at radius 1 is 1.00 bits per heavy atom. The largest absolute Gasteiger partial charge is 0.495 e. The molecule has 0 aliphatic rings. The highest BCUT2D eigenvalue weighted by molar-refractivity contribution is 6.04. The third-order valence-corrected chi connectivity index (χ3v) is 5.16. The molecule has 8 heteroatoms. The van der Waals surface area contributed by atoms with Crippen LogP contribution in [0.2, 0.25) is 0 Å². The third-order valence-electron chi connectivity index (χ3n) is 5.16. The van der Waals surface area contributed by atoms with E-state index in [1.807, 2.05) is 65.3 Å². The normalized spacial score (nSPS) is 10.9. The van der Waals surface area contributed by atoms with Crippen LogP contribution in [0.15, 0.2) is 79.3 Å². The van der Waals surface area contributed by atoms with E-state index in [4.69, 9.17) is 4.74 Å². The van der Waals surface area contributed by atoms with Gasteiger partial charge in [-0.2, -0.15) is 5.10 Å². The van der Waals surface area contributed by atoms with Crippen molar-refractivity contribution in [2.24, 2.45) is 7.05 Å². The lowest BCUT2D eigenvalue weighted by molar-refractivity contribution is 0.101. The van der Waals surface area contributed by atoms with Crippen molar-refractivity contribution in [3.8, 4) is 28.3 Å². The van der Waals surface area contributed by atoms with E-state index in [1.54, 1.807) is 37.2 Å². The molecule has 0 saturated carbocycles. The molecule has 0 aliphatic heterocycles. The molecule has 8 nitrogen and oxygen atoms in total. The maximum absolute atomic E-state index is 13.1. The first-order valence-electron chi connectivity index (χ1n) is 10.0. The first kappa shape index (κ1) is 19.5. The number of carbonyl (C=O) groups is 1. The van der Waals surface area contributed by atoms with Gasteiger partial charge in [-0.3, -0.25) is 13.9 Å². The fourth-order valence-electron chi connectivity index (χ4n) is 3.55. The molecule has 5 rings (SSSR count). The van der Waals surface area contributed by atoms with Crippen LogP contribution in [0.4, 0.5) is 5.69 Å². The average Bonchev–Trinajstić information content (AvgIpc) is 3.43. The molecule has 0 saturated heterocycles. The Labute approximate surface area is 184 Å². The van der Waals surface area contributed by atoms with Crippen LogP contribution in [0.25, 0.3) is 28.3 Å². The lowest BCUT2D eigenvalue weighted by Gasteiger charge is -2.11. The highest BCUT2D eigenvalue weighted by atomic mass is 16.5. The van der Waals surface area contributed by atoms with Gasteiger partial charge in [0.25, 0.3) is 5.91 Å². The number of ether oxygens (including phenoxy) is 1. The molecule has 3 aromatic heterocycles. The number of amides is 1. The summed E-state index contributed by atoms with van der Waals surface area (Å²) in [7, 11) is 3.32. The highest BCUT2D eigenvalue weighted by Crippen LogP contribution is 2.31. The molecule has 0 radical (unpaired) electrons. The Bertz CT molecular complexity index is 1390. The van der Waals surface area contributed by atoms with Crippen LogP contribution in [0.1, 0.15) is 10.5 Å². The van der Waals surface area contributed by atoms with E-state index < -0.39 is 0 Å². The molecule has 0 unspecified atom stereocenters. The van der Waals surface area contributed by atoms with Gasteiger partial charge in [-0.25, -0.2) is 9.97 Å². The summed E-state index contributed by atoms with van der Waals surface area (Å²) in [5, 5.41) is 7.43. The Kier molecular flexibility index (Phi) is 4.87. The molecular formula is C24H20N6O2. The number of nitrogens with one attached hydrogen (secondary N) is 1. The molecule has 158 valence electrons. The lowest BCUT2D eigenvalue weighted by Crippen LogP contribution is -2.16. The summed E-state index contributed by atoms with van der Waals surface area (Å²) in [6, 6.07) is 18.9. The monoisotopic (exact) mass is 424 g/mol. The molecule has 0 fully saturated rings. The maximum Gasteiger partial charge on any atom is 0.274 e. The third kappa shape index (κ3) is 3.58. The predicted molar refractivity (Wildman–Crippen MR) is 122 cm³/mol. The van der Waals surface area contributed by atoms with Gasteiger partial charge in [0.15, 0.2) is 0 Å². The quantitative estimate of drug-likeness (QED) is 0.460. The van der Waals surface area contributed by atoms with Crippen molar-refractivity contribution >= 4 is 17.4 Å². The second kappa shape index (κ2) is 7.99. The Morgan fingerprint density at radius 3 is 2.62 bits per heavy atom. The zero-order chi connectivity index (χ0) is 22.1. The summed E-state index contributed by atoms with van der Waals surface area (Å²) in [5.41, 5.74) is 4.24. The fourth-order valence-corrected chi connectivity index (χ4v) is 3.55. The smallest absolute Gasteiger partial charge is 0.274 e. The molecule has 2 aromatic carbocycles. The molecule has 3 heterocycles. The van der Waals surface area contributed by atoms with Crippen molar-refractivity contribution in [1.82, 2.24) is 24.1 Å². The second-order valence-electron chi connectivity index (χ2n) is 7.23. The van der Waals surface area contributed by atoms with E-state index in [1.165, 1.54) is 0 Å². The molecule has 0 spiro atoms. The number of hydrogen-bond donors (Lipinski definition) is 1. The van der Waals surface area contributed by atoms with Gasteiger partial charge >= 0.3 is 0 Å². The molecule has 1 amide bonds. The maximum atomic E-state index is 13.1. The highest BCUT2D eigenvalue weighted by Gasteiger charge is 2.17. The lowest BCUT2D eigenvalue weighted by atomic mass is 10.1. The van der Waals surface area contributed by atoms with Gasteiger partial charge in [0.1, 0.15) is 11.4 Å². The predicted octanol–water partition coefficient (Wildman–Crippen LogP) is 4.06. The van der Waals surface area contributed by atoms with Crippen LogP contribution in [-0.2, 0) is 7.05 Å². The first-order valence-corrected chi connectivity index (χ1v) is 10.0. The number of fused-ring (bicyclic) bond motifs is 1. The molecule has 0 atom stereocenters. The summed E-state index contributed by atoms with van der Waals surface area (Å²) in [5.74, 6) is 0.871. The number of aryl methyl sites for hydroxylation is 1. The van der Waals surface area contributed by atoms with Gasteiger partial charge in [-0.15, -0.1) is 0 Å². The van der Waals surface area contributed by atoms with E-state index in [0.717, 1.165) is 22.5 Å². The van der Waals surface area contributed by atoms with Gasteiger partial charge in [0.2, 0.25) is 5.78 Å². The van der Waals surface area contributed by atoms with Gasteiger partial charge in [0, 0.05) is 36.8 Å². The topological polar surface area (TPSA) is 86.3 Å². The van der Waals surface area contributed by atoms with Gasteiger partial charge < -0.3 is 10.1 Å². The van der Waals surface area contributed by atoms with Crippen LogP contribution >= 0.6 is 0 Å². The van der Waals surface area contributed by atoms with E-state index in [0.29, 0.717) is 22.9 Å². The Morgan fingerprint density at radius 2 is 1.84 bits per heavy atom. The van der Waals surface area contributed by atoms with E-state index in [2.05, 4.69) is 20.4 Å². The van der Waals surface area contributed by atoms with Crippen molar-refractivity contribution in [2.45, 2.75) is 0 Å². The van der Waals surface area contributed by atoms with Crippen LogP contribution < -0.4 is 10.1 Å². The van der Waals surface area contributed by atoms with Gasteiger partial charge in [-0.05, 0) is 30.3 Å². The molecular weight excluding hydrogens is 404 g/mol. The minimum atomic E-state index is -0.283. The molecule has 32 heavy (non-hydrogen) atoms. The fraction of sp³-hybridized carbons (Fsp3) is 0.0833. The number of anilines is 1. The van der Waals surface area contributed by atoms with Crippen molar-refractivity contribution in [1.29, 1.82) is 0 Å². The summed E-state index contributed by atoms with van der Waals surface area (Å²) >= 11 is 0. The van der Waals surface area contributed by atoms with Crippen LogP contribution in [0.5, 0.6) is 5.75 Å². The van der Waals surface area contributed by atoms with Crippen LogP contribution in [-0.4, -0.2) is 37.2 Å². The van der Waals surface area contributed by atoms with Crippen molar-refractivity contribution in [2.75, 3.05) is 12.4 Å². The molecule has 1 N–H and O–H groups in total. The summed E-state index contributed by atoms with van der Waals surface area (Å²) < 4.78 is 8.88. The number of aromatic nitrogens is 5. The first-order chi connectivity index (χ1) is 15.6. The van der Waals surface area contributed by atoms with Crippen molar-refractivity contribution in [3.63, 3.8) is 0 Å². The zero-order valence-electron chi connectivity index (χ0n) is 17.6. The number of methoxy groups -OCH3 is 1. The SMILES string of the molecule is COc1ccc(-c2cn3cccnc3n2)cc1NC(=O)c1cc(-c2ccccc2)nn1C.